The normalized spacial score (nSPS) is 41.2. The number of aliphatic hydroxyl groups is 4. The van der Waals surface area contributed by atoms with Gasteiger partial charge in [-0.25, -0.2) is 0 Å². The SMILES string of the molecule is O=[N+]([O-])OC1O[C@H](CO)[C@@H](O)[C@H](O)[C@H]1O. The second-order valence-corrected chi connectivity index (χ2v) is 3.03. The molecule has 1 saturated heterocycles. The monoisotopic (exact) mass is 225 g/mol. The first-order valence-electron chi connectivity index (χ1n) is 4.09. The molecule has 1 unspecified atom stereocenters. The molecule has 0 radical (unpaired) electrons. The average molecular weight is 225 g/mol. The van der Waals surface area contributed by atoms with E-state index in [0.717, 1.165) is 0 Å². The van der Waals surface area contributed by atoms with E-state index in [0.29, 0.717) is 0 Å². The summed E-state index contributed by atoms with van der Waals surface area (Å²) < 4.78 is 4.67. The summed E-state index contributed by atoms with van der Waals surface area (Å²) in [5.74, 6) is 0. The summed E-state index contributed by atoms with van der Waals surface area (Å²) in [6.45, 7) is -0.664. The second kappa shape index (κ2) is 4.68. The standard InChI is InChI=1S/C6H11NO8/c8-1-2-3(9)4(10)5(11)6(14-2)15-7(12)13/h2-6,8-11H,1H2/t2-,3-,4+,5-,6?/m1/s1. The largest absolute Gasteiger partial charge is 0.394 e. The summed E-state index contributed by atoms with van der Waals surface area (Å²) in [5.41, 5.74) is 0. The van der Waals surface area contributed by atoms with E-state index < -0.39 is 42.4 Å². The van der Waals surface area contributed by atoms with Crippen LogP contribution in [0.15, 0.2) is 0 Å². The van der Waals surface area contributed by atoms with Gasteiger partial charge in [-0.1, -0.05) is 0 Å². The van der Waals surface area contributed by atoms with Crippen LogP contribution < -0.4 is 0 Å². The molecule has 1 aliphatic rings. The molecule has 5 atom stereocenters. The van der Waals surface area contributed by atoms with Crippen molar-refractivity contribution in [2.45, 2.75) is 30.7 Å². The number of rotatable bonds is 3. The molecule has 0 aliphatic carbocycles. The average Bonchev–Trinajstić information content (AvgIpc) is 2.18. The molecule has 0 aromatic carbocycles. The molecule has 1 aliphatic heterocycles. The molecule has 1 heterocycles. The van der Waals surface area contributed by atoms with Gasteiger partial charge < -0.3 is 25.2 Å². The fourth-order valence-corrected chi connectivity index (χ4v) is 1.24. The van der Waals surface area contributed by atoms with Gasteiger partial charge in [0.15, 0.2) is 0 Å². The van der Waals surface area contributed by atoms with Crippen molar-refractivity contribution in [2.75, 3.05) is 6.61 Å². The lowest BCUT2D eigenvalue weighted by Crippen LogP contribution is -2.59. The van der Waals surface area contributed by atoms with Gasteiger partial charge in [-0.05, 0) is 0 Å². The Morgan fingerprint density at radius 2 is 1.87 bits per heavy atom. The van der Waals surface area contributed by atoms with Crippen LogP contribution in [0.4, 0.5) is 0 Å². The van der Waals surface area contributed by atoms with Crippen LogP contribution in [-0.2, 0) is 9.57 Å². The minimum Gasteiger partial charge on any atom is -0.394 e. The van der Waals surface area contributed by atoms with Crippen molar-refractivity contribution in [1.29, 1.82) is 0 Å². The van der Waals surface area contributed by atoms with Crippen molar-refractivity contribution in [3.63, 3.8) is 0 Å². The lowest BCUT2D eigenvalue weighted by molar-refractivity contribution is -0.785. The van der Waals surface area contributed by atoms with E-state index in [1.807, 2.05) is 0 Å². The molecule has 0 spiro atoms. The third kappa shape index (κ3) is 2.52. The maximum atomic E-state index is 9.98. The van der Waals surface area contributed by atoms with E-state index in [1.54, 1.807) is 0 Å². The van der Waals surface area contributed by atoms with Gasteiger partial charge in [0.25, 0.3) is 5.09 Å². The molecule has 4 N–H and O–H groups in total. The van der Waals surface area contributed by atoms with Crippen molar-refractivity contribution < 1.29 is 35.1 Å². The smallest absolute Gasteiger partial charge is 0.297 e. The molecule has 0 amide bonds. The van der Waals surface area contributed by atoms with Crippen molar-refractivity contribution >= 4 is 0 Å². The Morgan fingerprint density at radius 3 is 2.33 bits per heavy atom. The Labute approximate surface area is 83.6 Å². The molecule has 15 heavy (non-hydrogen) atoms. The highest BCUT2D eigenvalue weighted by Gasteiger charge is 2.45. The summed E-state index contributed by atoms with van der Waals surface area (Å²) in [6.07, 6.45) is -7.94. The highest BCUT2D eigenvalue weighted by Crippen LogP contribution is 2.21. The maximum absolute atomic E-state index is 9.98. The molecule has 0 saturated carbocycles. The van der Waals surface area contributed by atoms with Crippen LogP contribution >= 0.6 is 0 Å². The highest BCUT2D eigenvalue weighted by molar-refractivity contribution is 4.88. The second-order valence-electron chi connectivity index (χ2n) is 3.03. The van der Waals surface area contributed by atoms with Gasteiger partial charge in [0.2, 0.25) is 6.29 Å². The van der Waals surface area contributed by atoms with Gasteiger partial charge in [-0.2, -0.15) is 0 Å². The van der Waals surface area contributed by atoms with Gasteiger partial charge in [0.05, 0.1) is 6.61 Å². The number of ether oxygens (including phenoxy) is 1. The van der Waals surface area contributed by atoms with Crippen molar-refractivity contribution in [1.82, 2.24) is 0 Å². The lowest BCUT2D eigenvalue weighted by Gasteiger charge is -2.38. The Hall–Kier alpha value is -1.00. The zero-order chi connectivity index (χ0) is 11.6. The molecule has 0 aromatic rings. The molecule has 1 rings (SSSR count). The molecule has 88 valence electrons. The summed E-state index contributed by atoms with van der Waals surface area (Å²) >= 11 is 0. The first kappa shape index (κ1) is 12.1. The van der Waals surface area contributed by atoms with Crippen LogP contribution in [0.25, 0.3) is 0 Å². The first-order chi connectivity index (χ1) is 6.97. The Morgan fingerprint density at radius 1 is 1.27 bits per heavy atom. The van der Waals surface area contributed by atoms with Crippen molar-refractivity contribution in [3.05, 3.63) is 10.1 Å². The minimum atomic E-state index is -1.76. The molecule has 9 nitrogen and oxygen atoms in total. The van der Waals surface area contributed by atoms with Crippen LogP contribution in [0.1, 0.15) is 0 Å². The quantitative estimate of drug-likeness (QED) is 0.294. The minimum absolute atomic E-state index is 0.664. The van der Waals surface area contributed by atoms with Crippen LogP contribution in [0, 0.1) is 10.1 Å². The summed E-state index contributed by atoms with van der Waals surface area (Å²) in [6, 6.07) is 0. The topological polar surface area (TPSA) is 143 Å². The zero-order valence-electron chi connectivity index (χ0n) is 7.46. The third-order valence-electron chi connectivity index (χ3n) is 2.04. The number of hydrogen-bond acceptors (Lipinski definition) is 8. The van der Waals surface area contributed by atoms with Crippen LogP contribution in [0.5, 0.6) is 0 Å². The maximum Gasteiger partial charge on any atom is 0.297 e. The number of nitrogens with zero attached hydrogens (tertiary/aromatic N) is 1. The third-order valence-corrected chi connectivity index (χ3v) is 2.04. The van der Waals surface area contributed by atoms with Gasteiger partial charge >= 0.3 is 0 Å². The molecule has 9 heteroatoms. The van der Waals surface area contributed by atoms with Crippen LogP contribution in [-0.4, -0.2) is 62.8 Å². The summed E-state index contributed by atoms with van der Waals surface area (Å²) in [7, 11) is 0. The molecular weight excluding hydrogens is 214 g/mol. The van der Waals surface area contributed by atoms with Crippen molar-refractivity contribution in [3.8, 4) is 0 Å². The number of hydrogen-bond donors (Lipinski definition) is 4. The molecule has 0 aromatic heterocycles. The van der Waals surface area contributed by atoms with Gasteiger partial charge in [-0.3, -0.25) is 4.84 Å². The summed E-state index contributed by atoms with van der Waals surface area (Å²) in [5, 5.41) is 45.2. The van der Waals surface area contributed by atoms with Crippen molar-refractivity contribution in [2.24, 2.45) is 0 Å². The predicted molar refractivity (Wildman–Crippen MR) is 41.8 cm³/mol. The van der Waals surface area contributed by atoms with E-state index in [4.69, 9.17) is 5.11 Å². The molecule has 0 bridgehead atoms. The number of aliphatic hydroxyl groups excluding tert-OH is 4. The Bertz CT molecular complexity index is 233. The fraction of sp³-hybridized carbons (Fsp3) is 1.00. The zero-order valence-corrected chi connectivity index (χ0v) is 7.46. The van der Waals surface area contributed by atoms with Crippen LogP contribution in [0.2, 0.25) is 0 Å². The Balaban J connectivity index is 2.69. The van der Waals surface area contributed by atoms with E-state index in [-0.39, 0.29) is 0 Å². The van der Waals surface area contributed by atoms with E-state index >= 15 is 0 Å². The molecular formula is C6H11NO8. The van der Waals surface area contributed by atoms with E-state index in [9.17, 15) is 25.4 Å². The lowest BCUT2D eigenvalue weighted by atomic mass is 9.99. The van der Waals surface area contributed by atoms with Gasteiger partial charge in [0, 0.05) is 0 Å². The highest BCUT2D eigenvalue weighted by atomic mass is 17.0. The predicted octanol–water partition coefficient (Wildman–Crippen LogP) is -3.01. The Kier molecular flexibility index (Phi) is 3.77. The van der Waals surface area contributed by atoms with Gasteiger partial charge in [0.1, 0.15) is 24.4 Å². The summed E-state index contributed by atoms with van der Waals surface area (Å²) in [4.78, 5) is 13.9. The fourth-order valence-electron chi connectivity index (χ4n) is 1.24. The van der Waals surface area contributed by atoms with Crippen LogP contribution in [0.3, 0.4) is 0 Å². The van der Waals surface area contributed by atoms with E-state index in [1.165, 1.54) is 0 Å². The first-order valence-corrected chi connectivity index (χ1v) is 4.09. The van der Waals surface area contributed by atoms with Gasteiger partial charge in [-0.15, -0.1) is 10.1 Å². The van der Waals surface area contributed by atoms with E-state index in [2.05, 4.69) is 9.57 Å². The molecule has 1 fully saturated rings.